The lowest BCUT2D eigenvalue weighted by molar-refractivity contribution is -0.115. The monoisotopic (exact) mass is 310 g/mol. The first-order valence-corrected chi connectivity index (χ1v) is 7.04. The van der Waals surface area contributed by atoms with E-state index in [0.29, 0.717) is 22.4 Å². The van der Waals surface area contributed by atoms with Crippen molar-refractivity contribution >= 4 is 40.5 Å². The first-order valence-electron chi connectivity index (χ1n) is 6.16. The summed E-state index contributed by atoms with van der Waals surface area (Å²) >= 11 is 1.48. The van der Waals surface area contributed by atoms with Crippen LogP contribution in [0, 0.1) is 0 Å². The molecule has 1 aliphatic rings. The van der Waals surface area contributed by atoms with E-state index in [1.807, 2.05) is 5.38 Å². The van der Waals surface area contributed by atoms with Crippen LogP contribution in [0.25, 0.3) is 0 Å². The number of rotatable bonds is 4. The highest BCUT2D eigenvalue weighted by molar-refractivity contribution is 7.13. The zero-order valence-electron chi connectivity index (χ0n) is 10.7. The van der Waals surface area contributed by atoms with Crippen LogP contribution in [0.5, 0.6) is 0 Å². The maximum absolute atomic E-state index is 11.8. The van der Waals surface area contributed by atoms with Crippen LogP contribution in [0.1, 0.15) is 30.1 Å². The van der Waals surface area contributed by atoms with Crippen LogP contribution in [0.4, 0.5) is 10.8 Å². The van der Waals surface area contributed by atoms with Crippen LogP contribution in [-0.2, 0) is 11.2 Å². The second kappa shape index (κ2) is 6.19. The van der Waals surface area contributed by atoms with Crippen LogP contribution in [0.3, 0.4) is 0 Å². The Labute approximate surface area is 127 Å². The number of carbonyl (C=O) groups is 1. The second-order valence-corrected chi connectivity index (χ2v) is 5.52. The third-order valence-corrected chi connectivity index (χ3v) is 3.73. The lowest BCUT2D eigenvalue weighted by Crippen LogP contribution is -2.15. The van der Waals surface area contributed by atoms with Gasteiger partial charge in [0.1, 0.15) is 0 Å². The van der Waals surface area contributed by atoms with Gasteiger partial charge in [-0.3, -0.25) is 9.78 Å². The number of nitrogens with zero attached hydrogens (tertiary/aromatic N) is 2. The Hall–Kier alpha value is -1.66. The van der Waals surface area contributed by atoms with Crippen molar-refractivity contribution in [2.75, 3.05) is 11.1 Å². The van der Waals surface area contributed by atoms with Gasteiger partial charge in [0, 0.05) is 17.0 Å². The Morgan fingerprint density at radius 1 is 1.45 bits per heavy atom. The largest absolute Gasteiger partial charge is 0.397 e. The van der Waals surface area contributed by atoms with E-state index in [1.165, 1.54) is 24.2 Å². The fourth-order valence-corrected chi connectivity index (χ4v) is 2.59. The van der Waals surface area contributed by atoms with E-state index in [-0.39, 0.29) is 24.7 Å². The number of thiazole rings is 1. The van der Waals surface area contributed by atoms with Crippen LogP contribution in [0.15, 0.2) is 23.7 Å². The number of hydrogen-bond acceptors (Lipinski definition) is 5. The molecule has 7 heteroatoms. The number of nitrogens with one attached hydrogen (secondary N) is 1. The predicted octanol–water partition coefficient (Wildman–Crippen LogP) is 2.60. The van der Waals surface area contributed by atoms with Gasteiger partial charge in [0.05, 0.1) is 24.0 Å². The molecule has 2 aromatic heterocycles. The number of amides is 1. The molecule has 1 aliphatic carbocycles. The minimum Gasteiger partial charge on any atom is -0.397 e. The molecule has 0 spiro atoms. The summed E-state index contributed by atoms with van der Waals surface area (Å²) in [5, 5.41) is 5.50. The molecule has 1 amide bonds. The molecule has 0 radical (unpaired) electrons. The Bertz CT molecular complexity index is 595. The number of nitrogen functional groups attached to an aromatic ring is 1. The van der Waals surface area contributed by atoms with Crippen LogP contribution in [0.2, 0.25) is 0 Å². The average Bonchev–Trinajstić information content (AvgIpc) is 3.14. The number of hydrogen-bond donors (Lipinski definition) is 2. The molecular weight excluding hydrogens is 296 g/mol. The summed E-state index contributed by atoms with van der Waals surface area (Å²) in [4.78, 5) is 20.4. The average molecular weight is 311 g/mol. The summed E-state index contributed by atoms with van der Waals surface area (Å²) in [6.45, 7) is 0. The van der Waals surface area contributed by atoms with Crippen molar-refractivity contribution < 1.29 is 4.79 Å². The molecule has 3 N–H and O–H groups in total. The smallest absolute Gasteiger partial charge is 0.232 e. The maximum atomic E-state index is 11.8. The summed E-state index contributed by atoms with van der Waals surface area (Å²) in [6, 6.07) is 3.50. The van der Waals surface area contributed by atoms with Crippen LogP contribution < -0.4 is 11.1 Å². The summed E-state index contributed by atoms with van der Waals surface area (Å²) in [5.41, 5.74) is 7.94. The number of aromatic nitrogens is 2. The standard InChI is InChI=1S/C13H14N4OS.ClH/c14-9-3-4-10(15-6-9)5-12(18)17-13-16-11(7-19-13)8-1-2-8;/h3-4,6-8H,1-2,5,14H2,(H,16,17,18);1H. The van der Waals surface area contributed by atoms with Crippen LogP contribution >= 0.6 is 23.7 Å². The molecule has 20 heavy (non-hydrogen) atoms. The Balaban J connectivity index is 0.00000147. The van der Waals surface area contributed by atoms with Gasteiger partial charge in [-0.05, 0) is 25.0 Å². The van der Waals surface area contributed by atoms with E-state index >= 15 is 0 Å². The molecule has 5 nitrogen and oxygen atoms in total. The second-order valence-electron chi connectivity index (χ2n) is 4.66. The fourth-order valence-electron chi connectivity index (χ4n) is 1.78. The van der Waals surface area contributed by atoms with Crippen molar-refractivity contribution in [3.05, 3.63) is 35.1 Å². The molecule has 0 aliphatic heterocycles. The molecule has 3 rings (SSSR count). The molecule has 0 saturated heterocycles. The third kappa shape index (κ3) is 3.68. The summed E-state index contributed by atoms with van der Waals surface area (Å²) in [5.74, 6) is 0.509. The van der Waals surface area contributed by atoms with Gasteiger partial charge in [0.2, 0.25) is 5.91 Å². The fraction of sp³-hybridized carbons (Fsp3) is 0.308. The molecule has 2 heterocycles. The Morgan fingerprint density at radius 2 is 2.25 bits per heavy atom. The maximum Gasteiger partial charge on any atom is 0.232 e. The lowest BCUT2D eigenvalue weighted by atomic mass is 10.2. The molecule has 1 fully saturated rings. The van der Waals surface area contributed by atoms with E-state index in [4.69, 9.17) is 5.73 Å². The van der Waals surface area contributed by atoms with Crippen molar-refractivity contribution in [2.24, 2.45) is 0 Å². The highest BCUT2D eigenvalue weighted by atomic mass is 35.5. The number of halogens is 1. The van der Waals surface area contributed by atoms with E-state index in [0.717, 1.165) is 5.69 Å². The molecule has 1 saturated carbocycles. The minimum absolute atomic E-state index is 0. The van der Waals surface area contributed by atoms with Gasteiger partial charge in [-0.15, -0.1) is 23.7 Å². The number of carbonyl (C=O) groups excluding carboxylic acids is 1. The van der Waals surface area contributed by atoms with Crippen molar-refractivity contribution in [3.8, 4) is 0 Å². The van der Waals surface area contributed by atoms with E-state index in [9.17, 15) is 4.79 Å². The zero-order valence-corrected chi connectivity index (χ0v) is 12.3. The van der Waals surface area contributed by atoms with Crippen molar-refractivity contribution in [1.82, 2.24) is 9.97 Å². The first-order chi connectivity index (χ1) is 9.20. The first kappa shape index (κ1) is 14.7. The van der Waals surface area contributed by atoms with Gasteiger partial charge in [-0.25, -0.2) is 4.98 Å². The summed E-state index contributed by atoms with van der Waals surface area (Å²) in [6.07, 6.45) is 4.22. The summed E-state index contributed by atoms with van der Waals surface area (Å²) < 4.78 is 0. The van der Waals surface area contributed by atoms with Gasteiger partial charge in [0.25, 0.3) is 0 Å². The Kier molecular flexibility index (Phi) is 4.57. The molecular formula is C13H15ClN4OS. The van der Waals surface area contributed by atoms with Crippen molar-refractivity contribution in [3.63, 3.8) is 0 Å². The molecule has 106 valence electrons. The molecule has 0 aromatic carbocycles. The summed E-state index contributed by atoms with van der Waals surface area (Å²) in [7, 11) is 0. The Morgan fingerprint density at radius 3 is 2.90 bits per heavy atom. The number of anilines is 2. The van der Waals surface area contributed by atoms with E-state index in [1.54, 1.807) is 18.3 Å². The SMILES string of the molecule is Cl.Nc1ccc(CC(=O)Nc2nc(C3CC3)cs2)nc1. The number of pyridine rings is 1. The van der Waals surface area contributed by atoms with Gasteiger partial charge >= 0.3 is 0 Å². The highest BCUT2D eigenvalue weighted by Gasteiger charge is 2.26. The normalized spacial score (nSPS) is 13.6. The topological polar surface area (TPSA) is 80.9 Å². The zero-order chi connectivity index (χ0) is 13.2. The van der Waals surface area contributed by atoms with Gasteiger partial charge in [-0.2, -0.15) is 0 Å². The molecule has 2 aromatic rings. The highest BCUT2D eigenvalue weighted by Crippen LogP contribution is 2.40. The third-order valence-electron chi connectivity index (χ3n) is 2.95. The molecule has 0 unspecified atom stereocenters. The van der Waals surface area contributed by atoms with Gasteiger partial charge in [-0.1, -0.05) is 0 Å². The van der Waals surface area contributed by atoms with E-state index in [2.05, 4.69) is 15.3 Å². The van der Waals surface area contributed by atoms with E-state index < -0.39 is 0 Å². The van der Waals surface area contributed by atoms with Crippen molar-refractivity contribution in [2.45, 2.75) is 25.2 Å². The van der Waals surface area contributed by atoms with Gasteiger partial charge in [0.15, 0.2) is 5.13 Å². The predicted molar refractivity (Wildman–Crippen MR) is 82.3 cm³/mol. The van der Waals surface area contributed by atoms with Crippen LogP contribution in [-0.4, -0.2) is 15.9 Å². The molecule has 0 bridgehead atoms. The quantitative estimate of drug-likeness (QED) is 0.909. The number of nitrogens with two attached hydrogens (primary N) is 1. The molecule has 0 atom stereocenters. The van der Waals surface area contributed by atoms with Gasteiger partial charge < -0.3 is 11.1 Å². The lowest BCUT2D eigenvalue weighted by Gasteiger charge is -2.01. The minimum atomic E-state index is -0.103. The van der Waals surface area contributed by atoms with Crippen molar-refractivity contribution in [1.29, 1.82) is 0 Å².